The zero-order chi connectivity index (χ0) is 10.7. The first-order valence-electron chi connectivity index (χ1n) is 4.44. The summed E-state index contributed by atoms with van der Waals surface area (Å²) in [7, 11) is 0. The summed E-state index contributed by atoms with van der Waals surface area (Å²) in [4.78, 5) is 0. The molecule has 0 aliphatic carbocycles. The fourth-order valence-corrected chi connectivity index (χ4v) is 2.54. The Morgan fingerprint density at radius 1 is 1.20 bits per heavy atom. The van der Waals surface area contributed by atoms with E-state index in [2.05, 4.69) is 26.1 Å². The molecule has 2 rings (SSSR count). The van der Waals surface area contributed by atoms with Crippen LogP contribution in [0.5, 0.6) is 0 Å². The van der Waals surface area contributed by atoms with E-state index in [1.165, 1.54) is 0 Å². The highest BCUT2D eigenvalue weighted by Crippen LogP contribution is 2.25. The number of hydrogen-bond acceptors (Lipinski definition) is 3. The molecule has 0 saturated carbocycles. The molecule has 0 fully saturated rings. The van der Waals surface area contributed by atoms with Crippen LogP contribution in [0.4, 0.5) is 0 Å². The van der Waals surface area contributed by atoms with Crippen LogP contribution in [0, 0.1) is 0 Å². The molecule has 5 heteroatoms. The van der Waals surface area contributed by atoms with Crippen molar-refractivity contribution in [1.82, 2.24) is 10.2 Å². The Labute approximate surface area is 105 Å². The largest absolute Gasteiger partial charge is 0.147 e. The van der Waals surface area contributed by atoms with Crippen molar-refractivity contribution < 1.29 is 0 Å². The molecule has 0 spiro atoms. The van der Waals surface area contributed by atoms with Gasteiger partial charge in [-0.2, -0.15) is 0 Å². The van der Waals surface area contributed by atoms with E-state index in [1.54, 1.807) is 11.3 Å². The second-order valence-electron chi connectivity index (χ2n) is 2.95. The topological polar surface area (TPSA) is 25.8 Å². The van der Waals surface area contributed by atoms with E-state index in [1.807, 2.05) is 24.3 Å². The van der Waals surface area contributed by atoms with E-state index in [-0.39, 0.29) is 0 Å². The zero-order valence-corrected chi connectivity index (χ0v) is 10.9. The number of nitrogens with zero attached hydrogens (tertiary/aromatic N) is 2. The molecule has 2 aromatic rings. The minimum Gasteiger partial charge on any atom is -0.143 e. The molecule has 0 aliphatic heterocycles. The molecular weight excluding hydrogens is 296 g/mol. The van der Waals surface area contributed by atoms with Gasteiger partial charge in [-0.3, -0.25) is 0 Å². The summed E-state index contributed by atoms with van der Waals surface area (Å²) in [5, 5.41) is 10.1. The molecule has 0 N–H and O–H groups in total. The molecule has 15 heavy (non-hydrogen) atoms. The van der Waals surface area contributed by atoms with Gasteiger partial charge in [-0.15, -0.1) is 21.8 Å². The van der Waals surface area contributed by atoms with Gasteiger partial charge in [0, 0.05) is 22.3 Å². The average molecular weight is 304 g/mol. The van der Waals surface area contributed by atoms with Gasteiger partial charge < -0.3 is 0 Å². The van der Waals surface area contributed by atoms with E-state index < -0.39 is 0 Å². The fraction of sp³-hybridized carbons (Fsp3) is 0.200. The molecule has 1 aromatic carbocycles. The van der Waals surface area contributed by atoms with Gasteiger partial charge in [-0.05, 0) is 12.1 Å². The average Bonchev–Trinajstić information content (AvgIpc) is 2.68. The first-order chi connectivity index (χ1) is 7.29. The van der Waals surface area contributed by atoms with Gasteiger partial charge >= 0.3 is 0 Å². The van der Waals surface area contributed by atoms with E-state index in [0.29, 0.717) is 5.88 Å². The summed E-state index contributed by atoms with van der Waals surface area (Å²) < 4.78 is 1.07. The lowest BCUT2D eigenvalue weighted by Gasteiger charge is -1.94. The Bertz CT molecular complexity index is 441. The maximum Gasteiger partial charge on any atom is 0.147 e. The van der Waals surface area contributed by atoms with Gasteiger partial charge in [0.15, 0.2) is 0 Å². The number of rotatable bonds is 3. The smallest absolute Gasteiger partial charge is 0.143 e. The highest BCUT2D eigenvalue weighted by atomic mass is 79.9. The van der Waals surface area contributed by atoms with Crippen LogP contribution in [-0.4, -0.2) is 16.1 Å². The molecule has 1 heterocycles. The van der Waals surface area contributed by atoms with Crippen molar-refractivity contribution in [3.8, 4) is 10.6 Å². The molecule has 0 radical (unpaired) electrons. The fourth-order valence-electron chi connectivity index (χ4n) is 1.14. The van der Waals surface area contributed by atoms with Crippen molar-refractivity contribution in [2.45, 2.75) is 6.42 Å². The minimum absolute atomic E-state index is 0.592. The van der Waals surface area contributed by atoms with Crippen LogP contribution in [0.15, 0.2) is 28.7 Å². The number of alkyl halides is 1. The van der Waals surface area contributed by atoms with E-state index in [9.17, 15) is 0 Å². The summed E-state index contributed by atoms with van der Waals surface area (Å²) in [6.45, 7) is 0. The van der Waals surface area contributed by atoms with E-state index >= 15 is 0 Å². The van der Waals surface area contributed by atoms with Crippen molar-refractivity contribution in [3.63, 3.8) is 0 Å². The summed E-state index contributed by atoms with van der Waals surface area (Å²) in [6, 6.07) is 8.04. The van der Waals surface area contributed by atoms with Gasteiger partial charge in [-0.1, -0.05) is 39.4 Å². The number of aromatic nitrogens is 2. The van der Waals surface area contributed by atoms with Gasteiger partial charge in [0.25, 0.3) is 0 Å². The van der Waals surface area contributed by atoms with E-state index in [0.717, 1.165) is 26.5 Å². The first-order valence-corrected chi connectivity index (χ1v) is 6.58. The van der Waals surface area contributed by atoms with Crippen LogP contribution < -0.4 is 0 Å². The molecule has 0 bridgehead atoms. The van der Waals surface area contributed by atoms with Gasteiger partial charge in [0.05, 0.1) is 0 Å². The number of aryl methyl sites for hydroxylation is 1. The summed E-state index contributed by atoms with van der Waals surface area (Å²) in [5.41, 5.74) is 1.09. The standard InChI is InChI=1S/C10H8BrClN2S/c11-8-3-1-7(2-4-8)10-14-13-9(15-10)5-6-12/h1-4H,5-6H2. The molecule has 2 nitrogen and oxygen atoms in total. The molecule has 0 amide bonds. The SMILES string of the molecule is ClCCc1nnc(-c2ccc(Br)cc2)s1. The van der Waals surface area contributed by atoms with Crippen molar-refractivity contribution >= 4 is 38.9 Å². The minimum atomic E-state index is 0.592. The molecule has 0 aliphatic rings. The highest BCUT2D eigenvalue weighted by Gasteiger charge is 2.05. The second-order valence-corrected chi connectivity index (χ2v) is 5.30. The van der Waals surface area contributed by atoms with Crippen LogP contribution >= 0.6 is 38.9 Å². The van der Waals surface area contributed by atoms with Gasteiger partial charge in [-0.25, -0.2) is 0 Å². The Morgan fingerprint density at radius 3 is 2.60 bits per heavy atom. The first kappa shape index (κ1) is 11.0. The lowest BCUT2D eigenvalue weighted by molar-refractivity contribution is 0.990. The van der Waals surface area contributed by atoms with Crippen molar-refractivity contribution in [1.29, 1.82) is 0 Å². The zero-order valence-electron chi connectivity index (χ0n) is 7.78. The van der Waals surface area contributed by atoms with Gasteiger partial charge in [0.2, 0.25) is 0 Å². The second kappa shape index (κ2) is 5.05. The number of halogens is 2. The third-order valence-electron chi connectivity index (χ3n) is 1.87. The predicted octanol–water partition coefficient (Wildman–Crippen LogP) is 3.75. The maximum atomic E-state index is 5.64. The molecule has 78 valence electrons. The summed E-state index contributed by atoms with van der Waals surface area (Å²) in [5.74, 6) is 0.592. The van der Waals surface area contributed by atoms with Crippen molar-refractivity contribution in [3.05, 3.63) is 33.7 Å². The lowest BCUT2D eigenvalue weighted by atomic mass is 10.2. The Balaban J connectivity index is 2.25. The quantitative estimate of drug-likeness (QED) is 0.807. The predicted molar refractivity (Wildman–Crippen MR) is 67.5 cm³/mol. The summed E-state index contributed by atoms with van der Waals surface area (Å²) in [6.07, 6.45) is 0.787. The molecule has 0 unspecified atom stereocenters. The van der Waals surface area contributed by atoms with Crippen LogP contribution in [0.3, 0.4) is 0 Å². The molecule has 0 atom stereocenters. The number of hydrogen-bond donors (Lipinski definition) is 0. The third kappa shape index (κ3) is 2.77. The highest BCUT2D eigenvalue weighted by molar-refractivity contribution is 9.10. The monoisotopic (exact) mass is 302 g/mol. The van der Waals surface area contributed by atoms with Crippen LogP contribution in [0.2, 0.25) is 0 Å². The normalized spacial score (nSPS) is 10.5. The number of benzene rings is 1. The van der Waals surface area contributed by atoms with E-state index in [4.69, 9.17) is 11.6 Å². The van der Waals surface area contributed by atoms with Crippen molar-refractivity contribution in [2.75, 3.05) is 5.88 Å². The molecule has 0 saturated heterocycles. The van der Waals surface area contributed by atoms with Crippen LogP contribution in [0.25, 0.3) is 10.6 Å². The third-order valence-corrected chi connectivity index (χ3v) is 3.62. The molecular formula is C10H8BrClN2S. The maximum absolute atomic E-state index is 5.64. The summed E-state index contributed by atoms with van der Waals surface area (Å²) >= 11 is 10.6. The van der Waals surface area contributed by atoms with Crippen LogP contribution in [0.1, 0.15) is 5.01 Å². The van der Waals surface area contributed by atoms with Crippen LogP contribution in [-0.2, 0) is 6.42 Å². The Kier molecular flexibility index (Phi) is 3.72. The Morgan fingerprint density at radius 2 is 1.93 bits per heavy atom. The van der Waals surface area contributed by atoms with Crippen molar-refractivity contribution in [2.24, 2.45) is 0 Å². The lowest BCUT2D eigenvalue weighted by Crippen LogP contribution is -1.82. The molecule has 1 aromatic heterocycles. The van der Waals surface area contributed by atoms with Gasteiger partial charge in [0.1, 0.15) is 10.0 Å². The Hall–Kier alpha value is -0.450.